The summed E-state index contributed by atoms with van der Waals surface area (Å²) in [5, 5.41) is 0. The third-order valence-electron chi connectivity index (χ3n) is 3.26. The lowest BCUT2D eigenvalue weighted by Crippen LogP contribution is -2.28. The Morgan fingerprint density at radius 1 is 1.50 bits per heavy atom. The first-order valence-corrected chi connectivity index (χ1v) is 6.59. The highest BCUT2D eigenvalue weighted by atomic mass is 79.9. The second-order valence-corrected chi connectivity index (χ2v) is 5.29. The quantitative estimate of drug-likeness (QED) is 0.905. The van der Waals surface area contributed by atoms with Crippen molar-refractivity contribution in [3.8, 4) is 0 Å². The van der Waals surface area contributed by atoms with E-state index in [0.29, 0.717) is 12.5 Å². The molecule has 2 N–H and O–H groups in total. The van der Waals surface area contributed by atoms with Crippen LogP contribution in [0.25, 0.3) is 0 Å². The Labute approximate surface area is 105 Å². The van der Waals surface area contributed by atoms with Crippen molar-refractivity contribution in [3.05, 3.63) is 33.8 Å². The van der Waals surface area contributed by atoms with Gasteiger partial charge in [-0.2, -0.15) is 0 Å². The van der Waals surface area contributed by atoms with E-state index in [1.807, 2.05) is 0 Å². The zero-order chi connectivity index (χ0) is 11.5. The fourth-order valence-corrected chi connectivity index (χ4v) is 2.54. The minimum atomic E-state index is 0.186. The first-order chi connectivity index (χ1) is 7.72. The van der Waals surface area contributed by atoms with Crippen molar-refractivity contribution in [1.29, 1.82) is 0 Å². The van der Waals surface area contributed by atoms with Gasteiger partial charge in [0.25, 0.3) is 0 Å². The molecule has 2 nitrogen and oxygen atoms in total. The summed E-state index contributed by atoms with van der Waals surface area (Å²) in [6.45, 7) is 3.67. The van der Waals surface area contributed by atoms with Gasteiger partial charge in [-0.05, 0) is 43.5 Å². The molecule has 0 aromatic heterocycles. The normalized spacial score (nSPS) is 25.7. The number of halogens is 1. The lowest BCUT2D eigenvalue weighted by atomic mass is 9.89. The van der Waals surface area contributed by atoms with Crippen molar-refractivity contribution < 1.29 is 4.74 Å². The molecule has 2 atom stereocenters. The number of benzene rings is 1. The lowest BCUT2D eigenvalue weighted by Gasteiger charge is -2.31. The molecule has 2 rings (SSSR count). The van der Waals surface area contributed by atoms with Crippen LogP contribution in [0.3, 0.4) is 0 Å². The Hall–Kier alpha value is -0.380. The second kappa shape index (κ2) is 5.30. The Bertz CT molecular complexity index is 367. The van der Waals surface area contributed by atoms with E-state index in [4.69, 9.17) is 10.5 Å². The third kappa shape index (κ3) is 2.47. The molecule has 16 heavy (non-hydrogen) atoms. The van der Waals surface area contributed by atoms with Gasteiger partial charge in [0.2, 0.25) is 0 Å². The number of rotatable bonds is 2. The zero-order valence-electron chi connectivity index (χ0n) is 9.58. The molecule has 2 unspecified atom stereocenters. The number of hydrogen-bond donors (Lipinski definition) is 1. The summed E-state index contributed by atoms with van der Waals surface area (Å²) in [6, 6.07) is 6.43. The van der Waals surface area contributed by atoms with E-state index in [1.54, 1.807) is 0 Å². The van der Waals surface area contributed by atoms with Crippen LogP contribution in [0.1, 0.15) is 30.1 Å². The first-order valence-electron chi connectivity index (χ1n) is 5.80. The molecule has 3 heteroatoms. The van der Waals surface area contributed by atoms with Crippen LogP contribution in [0.2, 0.25) is 0 Å². The lowest BCUT2D eigenvalue weighted by molar-refractivity contribution is -0.0251. The average Bonchev–Trinajstić information content (AvgIpc) is 2.32. The fourth-order valence-electron chi connectivity index (χ4n) is 2.30. The molecule has 1 aliphatic heterocycles. The molecule has 1 fully saturated rings. The third-order valence-corrected chi connectivity index (χ3v) is 4.15. The highest BCUT2D eigenvalue weighted by molar-refractivity contribution is 9.10. The van der Waals surface area contributed by atoms with Crippen molar-refractivity contribution >= 4 is 15.9 Å². The van der Waals surface area contributed by atoms with E-state index in [2.05, 4.69) is 41.1 Å². The molecule has 0 saturated carbocycles. The van der Waals surface area contributed by atoms with Gasteiger partial charge >= 0.3 is 0 Å². The molecule has 0 amide bonds. The highest BCUT2D eigenvalue weighted by Crippen LogP contribution is 2.34. The minimum Gasteiger partial charge on any atom is -0.373 e. The van der Waals surface area contributed by atoms with Crippen LogP contribution in [0, 0.1) is 12.8 Å². The summed E-state index contributed by atoms with van der Waals surface area (Å²) in [6.07, 6.45) is 2.50. The number of hydrogen-bond acceptors (Lipinski definition) is 2. The average molecular weight is 284 g/mol. The molecule has 0 bridgehead atoms. The Morgan fingerprint density at radius 2 is 2.31 bits per heavy atom. The summed E-state index contributed by atoms with van der Waals surface area (Å²) in [7, 11) is 0. The summed E-state index contributed by atoms with van der Waals surface area (Å²) in [5.41, 5.74) is 8.32. The molecule has 1 heterocycles. The monoisotopic (exact) mass is 283 g/mol. The fraction of sp³-hybridized carbons (Fsp3) is 0.538. The summed E-state index contributed by atoms with van der Waals surface area (Å²) >= 11 is 3.52. The maximum absolute atomic E-state index is 5.87. The molecular weight excluding hydrogens is 266 g/mol. The molecule has 0 spiro atoms. The maximum atomic E-state index is 5.87. The van der Waals surface area contributed by atoms with Gasteiger partial charge < -0.3 is 10.5 Å². The van der Waals surface area contributed by atoms with Crippen LogP contribution in [-0.2, 0) is 4.74 Å². The van der Waals surface area contributed by atoms with E-state index in [1.165, 1.54) is 17.5 Å². The van der Waals surface area contributed by atoms with Gasteiger partial charge in [-0.15, -0.1) is 0 Å². The van der Waals surface area contributed by atoms with E-state index >= 15 is 0 Å². The van der Waals surface area contributed by atoms with Crippen LogP contribution in [-0.4, -0.2) is 13.2 Å². The Kier molecular flexibility index (Phi) is 4.00. The SMILES string of the molecule is Cc1cc(C2OCCCC2CN)ccc1Br. The van der Waals surface area contributed by atoms with Crippen LogP contribution >= 0.6 is 15.9 Å². The topological polar surface area (TPSA) is 35.2 Å². The van der Waals surface area contributed by atoms with E-state index in [0.717, 1.165) is 17.5 Å². The van der Waals surface area contributed by atoms with E-state index < -0.39 is 0 Å². The predicted octanol–water partition coefficient (Wildman–Crippen LogP) is 3.18. The largest absolute Gasteiger partial charge is 0.373 e. The minimum absolute atomic E-state index is 0.186. The Balaban J connectivity index is 2.23. The van der Waals surface area contributed by atoms with Gasteiger partial charge in [-0.25, -0.2) is 0 Å². The molecule has 0 aliphatic carbocycles. The van der Waals surface area contributed by atoms with Crippen molar-refractivity contribution in [3.63, 3.8) is 0 Å². The number of nitrogens with two attached hydrogens (primary N) is 1. The molecule has 1 aliphatic rings. The Morgan fingerprint density at radius 3 is 3.00 bits per heavy atom. The number of aryl methyl sites for hydroxylation is 1. The molecule has 1 aromatic carbocycles. The van der Waals surface area contributed by atoms with Crippen LogP contribution in [0.15, 0.2) is 22.7 Å². The van der Waals surface area contributed by atoms with Crippen LogP contribution in [0.4, 0.5) is 0 Å². The molecule has 1 aromatic rings. The number of ether oxygens (including phenoxy) is 1. The second-order valence-electron chi connectivity index (χ2n) is 4.44. The van der Waals surface area contributed by atoms with Crippen molar-refractivity contribution in [2.45, 2.75) is 25.9 Å². The van der Waals surface area contributed by atoms with Crippen molar-refractivity contribution in [2.75, 3.05) is 13.2 Å². The standard InChI is InChI=1S/C13H18BrNO/c1-9-7-10(4-5-12(9)14)13-11(8-15)3-2-6-16-13/h4-5,7,11,13H,2-3,6,8,15H2,1H3. The van der Waals surface area contributed by atoms with Crippen LogP contribution in [0.5, 0.6) is 0 Å². The molecule has 1 saturated heterocycles. The smallest absolute Gasteiger partial charge is 0.0865 e. The maximum Gasteiger partial charge on any atom is 0.0865 e. The highest BCUT2D eigenvalue weighted by Gasteiger charge is 2.26. The van der Waals surface area contributed by atoms with E-state index in [-0.39, 0.29) is 6.10 Å². The predicted molar refractivity (Wildman–Crippen MR) is 69.4 cm³/mol. The van der Waals surface area contributed by atoms with Crippen molar-refractivity contribution in [1.82, 2.24) is 0 Å². The molecule has 88 valence electrons. The summed E-state index contributed by atoms with van der Waals surface area (Å²) in [4.78, 5) is 0. The van der Waals surface area contributed by atoms with Gasteiger partial charge in [0.15, 0.2) is 0 Å². The summed E-state index contributed by atoms with van der Waals surface area (Å²) in [5.74, 6) is 0.467. The summed E-state index contributed by atoms with van der Waals surface area (Å²) < 4.78 is 7.02. The van der Waals surface area contributed by atoms with Gasteiger partial charge in [0.1, 0.15) is 0 Å². The van der Waals surface area contributed by atoms with E-state index in [9.17, 15) is 0 Å². The van der Waals surface area contributed by atoms with Gasteiger partial charge in [0.05, 0.1) is 6.10 Å². The van der Waals surface area contributed by atoms with Gasteiger partial charge in [-0.3, -0.25) is 0 Å². The molecule has 0 radical (unpaired) electrons. The van der Waals surface area contributed by atoms with Gasteiger partial charge in [0, 0.05) is 17.0 Å². The van der Waals surface area contributed by atoms with Crippen molar-refractivity contribution in [2.24, 2.45) is 11.7 Å². The first kappa shape index (κ1) is 12.1. The van der Waals surface area contributed by atoms with Gasteiger partial charge in [-0.1, -0.05) is 28.1 Å². The molecular formula is C13H18BrNO. The van der Waals surface area contributed by atoms with Crippen LogP contribution < -0.4 is 5.73 Å². The zero-order valence-corrected chi connectivity index (χ0v) is 11.2.